The van der Waals surface area contributed by atoms with Crippen molar-refractivity contribution >= 4 is 5.78 Å². The molecule has 1 atom stereocenters. The molecule has 4 heteroatoms. The van der Waals surface area contributed by atoms with Gasteiger partial charge in [-0.3, -0.25) is 4.79 Å². The Morgan fingerprint density at radius 3 is 2.76 bits per heavy atom. The Balaban J connectivity index is 2.03. The number of ketones is 1. The van der Waals surface area contributed by atoms with Crippen LogP contribution in [-0.2, 0) is 16.0 Å². The maximum atomic E-state index is 12.3. The smallest absolute Gasteiger partial charge is 0.204 e. The van der Waals surface area contributed by atoms with E-state index in [-0.39, 0.29) is 17.6 Å². The van der Waals surface area contributed by atoms with Crippen molar-refractivity contribution < 1.29 is 9.53 Å². The number of nitrogens with zero attached hydrogens (tertiary/aromatic N) is 1. The summed E-state index contributed by atoms with van der Waals surface area (Å²) in [7, 11) is 0. The normalized spacial score (nSPS) is 21.7. The summed E-state index contributed by atoms with van der Waals surface area (Å²) >= 11 is 0. The van der Waals surface area contributed by atoms with Crippen LogP contribution in [0.4, 0.5) is 0 Å². The zero-order valence-electron chi connectivity index (χ0n) is 11.6. The van der Waals surface area contributed by atoms with Crippen LogP contribution in [0.5, 0.6) is 0 Å². The molecule has 0 aromatic heterocycles. The van der Waals surface area contributed by atoms with E-state index in [1.807, 2.05) is 30.3 Å². The second-order valence-electron chi connectivity index (χ2n) is 5.35. The number of allylic oxidation sites excluding steroid dienone is 3. The minimum atomic E-state index is -0.283. The maximum absolute atomic E-state index is 12.3. The molecule has 0 radical (unpaired) electrons. The average Bonchev–Trinajstić information content (AvgIpc) is 2.48. The molecular formula is C17H16N2O2. The highest BCUT2D eigenvalue weighted by molar-refractivity contribution is 5.98. The lowest BCUT2D eigenvalue weighted by Crippen LogP contribution is -2.29. The van der Waals surface area contributed by atoms with Crippen molar-refractivity contribution in [1.82, 2.24) is 0 Å². The van der Waals surface area contributed by atoms with Gasteiger partial charge in [0, 0.05) is 24.3 Å². The number of rotatable bonds is 2. The summed E-state index contributed by atoms with van der Waals surface area (Å²) in [6.45, 7) is 0. The molecule has 1 aromatic carbocycles. The lowest BCUT2D eigenvalue weighted by atomic mass is 9.78. The van der Waals surface area contributed by atoms with E-state index >= 15 is 0 Å². The van der Waals surface area contributed by atoms with E-state index in [2.05, 4.69) is 6.07 Å². The summed E-state index contributed by atoms with van der Waals surface area (Å²) in [6, 6.07) is 12.0. The summed E-state index contributed by atoms with van der Waals surface area (Å²) in [5, 5.41) is 9.38. The van der Waals surface area contributed by atoms with Gasteiger partial charge in [-0.1, -0.05) is 30.3 Å². The zero-order valence-corrected chi connectivity index (χ0v) is 11.6. The zero-order chi connectivity index (χ0) is 14.8. The second kappa shape index (κ2) is 5.45. The van der Waals surface area contributed by atoms with Crippen molar-refractivity contribution in [2.24, 2.45) is 11.7 Å². The lowest BCUT2D eigenvalue weighted by molar-refractivity contribution is -0.117. The molecule has 0 spiro atoms. The third kappa shape index (κ3) is 2.43. The summed E-state index contributed by atoms with van der Waals surface area (Å²) in [6.07, 6.45) is 2.61. The molecule has 1 aromatic rings. The third-order valence-corrected chi connectivity index (χ3v) is 4.01. The van der Waals surface area contributed by atoms with Gasteiger partial charge in [0.05, 0.1) is 5.57 Å². The first kappa shape index (κ1) is 13.4. The van der Waals surface area contributed by atoms with E-state index in [1.54, 1.807) is 0 Å². The first-order valence-electron chi connectivity index (χ1n) is 7.08. The van der Waals surface area contributed by atoms with Crippen molar-refractivity contribution in [3.8, 4) is 6.07 Å². The van der Waals surface area contributed by atoms with Crippen LogP contribution in [0, 0.1) is 17.2 Å². The van der Waals surface area contributed by atoms with Crippen LogP contribution < -0.4 is 5.73 Å². The van der Waals surface area contributed by atoms with Crippen LogP contribution >= 0.6 is 0 Å². The van der Waals surface area contributed by atoms with Gasteiger partial charge >= 0.3 is 0 Å². The number of carbonyl (C=O) groups is 1. The minimum Gasteiger partial charge on any atom is -0.444 e. The largest absolute Gasteiger partial charge is 0.444 e. The molecule has 106 valence electrons. The molecular weight excluding hydrogens is 264 g/mol. The topological polar surface area (TPSA) is 76.1 Å². The first-order chi connectivity index (χ1) is 10.2. The molecule has 1 aliphatic carbocycles. The molecule has 0 unspecified atom stereocenters. The third-order valence-electron chi connectivity index (χ3n) is 4.01. The number of carbonyl (C=O) groups excluding carboxylic acids is 1. The summed E-state index contributed by atoms with van der Waals surface area (Å²) in [5.74, 6) is 0.599. The molecule has 0 fully saturated rings. The van der Waals surface area contributed by atoms with Gasteiger partial charge in [0.1, 0.15) is 11.8 Å². The fourth-order valence-electron chi connectivity index (χ4n) is 3.02. The Labute approximate surface area is 123 Å². The van der Waals surface area contributed by atoms with Crippen LogP contribution in [0.15, 0.2) is 53.1 Å². The van der Waals surface area contributed by atoms with Gasteiger partial charge in [-0.25, -0.2) is 0 Å². The van der Waals surface area contributed by atoms with Crippen LogP contribution in [0.3, 0.4) is 0 Å². The van der Waals surface area contributed by atoms with Crippen LogP contribution in [-0.4, -0.2) is 5.78 Å². The molecule has 0 amide bonds. The highest BCUT2D eigenvalue weighted by Crippen LogP contribution is 2.39. The van der Waals surface area contributed by atoms with Crippen molar-refractivity contribution in [2.75, 3.05) is 0 Å². The molecule has 0 bridgehead atoms. The number of hydrogen-bond donors (Lipinski definition) is 1. The summed E-state index contributed by atoms with van der Waals surface area (Å²) in [4.78, 5) is 12.3. The number of benzene rings is 1. The number of nitriles is 1. The van der Waals surface area contributed by atoms with Crippen molar-refractivity contribution in [3.05, 3.63) is 58.7 Å². The molecule has 1 aliphatic heterocycles. The highest BCUT2D eigenvalue weighted by Gasteiger charge is 2.36. The predicted molar refractivity (Wildman–Crippen MR) is 77.4 cm³/mol. The van der Waals surface area contributed by atoms with Crippen molar-refractivity contribution in [2.45, 2.75) is 25.7 Å². The molecule has 3 rings (SSSR count). The SMILES string of the molecule is N#CC1=C(N)OC2=C(C(=O)CCC2)[C@@H]1Cc1ccccc1. The Morgan fingerprint density at radius 1 is 1.29 bits per heavy atom. The standard InChI is InChI=1S/C17H16N2O2/c18-10-13-12(9-11-5-2-1-3-6-11)16-14(20)7-4-8-15(16)21-17(13)19/h1-3,5-6,12H,4,7-9,19H2/t12-/m1/s1. The van der Waals surface area contributed by atoms with Gasteiger partial charge in [0.15, 0.2) is 5.78 Å². The fraction of sp³-hybridized carbons (Fsp3) is 0.294. The molecule has 2 N–H and O–H groups in total. The molecule has 4 nitrogen and oxygen atoms in total. The second-order valence-corrected chi connectivity index (χ2v) is 5.35. The number of hydrogen-bond acceptors (Lipinski definition) is 4. The van der Waals surface area contributed by atoms with E-state index in [0.29, 0.717) is 36.2 Å². The van der Waals surface area contributed by atoms with E-state index in [0.717, 1.165) is 12.0 Å². The average molecular weight is 280 g/mol. The van der Waals surface area contributed by atoms with Crippen LogP contribution in [0.2, 0.25) is 0 Å². The van der Waals surface area contributed by atoms with Gasteiger partial charge in [-0.2, -0.15) is 5.26 Å². The number of ether oxygens (including phenoxy) is 1. The maximum Gasteiger partial charge on any atom is 0.204 e. The predicted octanol–water partition coefficient (Wildman–Crippen LogP) is 2.58. The molecule has 21 heavy (non-hydrogen) atoms. The molecule has 0 saturated heterocycles. The van der Waals surface area contributed by atoms with E-state index in [9.17, 15) is 10.1 Å². The molecule has 2 aliphatic rings. The summed E-state index contributed by atoms with van der Waals surface area (Å²) < 4.78 is 5.53. The van der Waals surface area contributed by atoms with Gasteiger partial charge in [0.2, 0.25) is 5.88 Å². The first-order valence-corrected chi connectivity index (χ1v) is 7.08. The van der Waals surface area contributed by atoms with E-state index in [4.69, 9.17) is 10.5 Å². The minimum absolute atomic E-state index is 0.0810. The Kier molecular flexibility index (Phi) is 3.49. The van der Waals surface area contributed by atoms with E-state index < -0.39 is 0 Å². The molecule has 0 saturated carbocycles. The highest BCUT2D eigenvalue weighted by atomic mass is 16.5. The van der Waals surface area contributed by atoms with Gasteiger partial charge < -0.3 is 10.5 Å². The van der Waals surface area contributed by atoms with Gasteiger partial charge in [0.25, 0.3) is 0 Å². The Hall–Kier alpha value is -2.54. The van der Waals surface area contributed by atoms with Gasteiger partial charge in [-0.15, -0.1) is 0 Å². The lowest BCUT2D eigenvalue weighted by Gasteiger charge is -2.30. The van der Waals surface area contributed by atoms with Crippen LogP contribution in [0.25, 0.3) is 0 Å². The number of Topliss-reactive ketones (excluding diaryl/α,β-unsaturated/α-hetero) is 1. The van der Waals surface area contributed by atoms with Crippen molar-refractivity contribution in [1.29, 1.82) is 5.26 Å². The van der Waals surface area contributed by atoms with Crippen LogP contribution in [0.1, 0.15) is 24.8 Å². The van der Waals surface area contributed by atoms with Crippen molar-refractivity contribution in [3.63, 3.8) is 0 Å². The summed E-state index contributed by atoms with van der Waals surface area (Å²) in [5.41, 5.74) is 7.97. The monoisotopic (exact) mass is 280 g/mol. The Morgan fingerprint density at radius 2 is 2.05 bits per heavy atom. The number of nitrogens with two attached hydrogens (primary N) is 1. The van der Waals surface area contributed by atoms with E-state index in [1.165, 1.54) is 0 Å². The molecule has 1 heterocycles. The Bertz CT molecular complexity index is 680. The van der Waals surface area contributed by atoms with Gasteiger partial charge in [-0.05, 0) is 18.4 Å². The fourth-order valence-corrected chi connectivity index (χ4v) is 3.02. The quantitative estimate of drug-likeness (QED) is 0.903.